The van der Waals surface area contributed by atoms with E-state index in [-0.39, 0.29) is 5.91 Å². The minimum Gasteiger partial charge on any atom is -0.358 e. The van der Waals surface area contributed by atoms with E-state index in [1.165, 1.54) is 0 Å². The maximum atomic E-state index is 12.5. The zero-order valence-corrected chi connectivity index (χ0v) is 14.2. The summed E-state index contributed by atoms with van der Waals surface area (Å²) in [6.07, 6.45) is 3.91. The van der Waals surface area contributed by atoms with Gasteiger partial charge in [-0.05, 0) is 45.0 Å². The lowest BCUT2D eigenvalue weighted by atomic mass is 9.99. The van der Waals surface area contributed by atoms with Gasteiger partial charge < -0.3 is 14.7 Å². The molecular weight excluding hydrogens is 276 g/mol. The van der Waals surface area contributed by atoms with Crippen molar-refractivity contribution in [1.82, 2.24) is 14.8 Å². The molecule has 1 aromatic heterocycles. The van der Waals surface area contributed by atoms with Gasteiger partial charge >= 0.3 is 0 Å². The summed E-state index contributed by atoms with van der Waals surface area (Å²) in [7, 11) is 6.14. The van der Waals surface area contributed by atoms with Crippen LogP contribution in [0.5, 0.6) is 0 Å². The number of aromatic nitrogens is 1. The largest absolute Gasteiger partial charge is 0.358 e. The Morgan fingerprint density at radius 1 is 1.23 bits per heavy atom. The summed E-state index contributed by atoms with van der Waals surface area (Å²) in [5.41, 5.74) is 0.694. The van der Waals surface area contributed by atoms with Crippen LogP contribution in [0.4, 0.5) is 5.82 Å². The maximum Gasteiger partial charge on any atom is 0.255 e. The van der Waals surface area contributed by atoms with E-state index >= 15 is 0 Å². The molecule has 1 amide bonds. The molecule has 2 heterocycles. The molecular formula is C17H28N4O. The second-order valence-corrected chi connectivity index (χ2v) is 6.60. The first-order valence-corrected chi connectivity index (χ1v) is 8.08. The number of likely N-dealkylation sites (tertiary alicyclic amines) is 1. The van der Waals surface area contributed by atoms with E-state index in [9.17, 15) is 4.79 Å². The Morgan fingerprint density at radius 2 is 1.91 bits per heavy atom. The summed E-state index contributed by atoms with van der Waals surface area (Å²) in [6, 6.07) is 3.84. The Bertz CT molecular complexity index is 478. The van der Waals surface area contributed by atoms with Crippen LogP contribution < -0.4 is 4.90 Å². The Hall–Kier alpha value is -1.62. The molecule has 122 valence electrons. The second kappa shape index (κ2) is 7.58. The Morgan fingerprint density at radius 3 is 2.45 bits per heavy atom. The van der Waals surface area contributed by atoms with Gasteiger partial charge in [0.15, 0.2) is 0 Å². The molecule has 0 aliphatic carbocycles. The molecule has 1 fully saturated rings. The number of nitrogens with zero attached hydrogens (tertiary/aromatic N) is 4. The fourth-order valence-electron chi connectivity index (χ4n) is 2.60. The number of carbonyl (C=O) groups excluding carboxylic acids is 1. The lowest BCUT2D eigenvalue weighted by Crippen LogP contribution is -2.38. The SMILES string of the molecule is CC1CCN(C(=O)c2ccc(N(C)CCN(C)C)nc2)CC1. The zero-order chi connectivity index (χ0) is 16.1. The van der Waals surface area contributed by atoms with Crippen LogP contribution in [0.3, 0.4) is 0 Å². The van der Waals surface area contributed by atoms with Crippen LogP contribution in [-0.4, -0.2) is 68.0 Å². The molecule has 0 unspecified atom stereocenters. The van der Waals surface area contributed by atoms with Gasteiger partial charge in [0.2, 0.25) is 0 Å². The van der Waals surface area contributed by atoms with Gasteiger partial charge in [-0.1, -0.05) is 6.92 Å². The van der Waals surface area contributed by atoms with Crippen LogP contribution in [-0.2, 0) is 0 Å². The molecule has 1 aromatic rings. The van der Waals surface area contributed by atoms with Gasteiger partial charge in [-0.25, -0.2) is 4.98 Å². The van der Waals surface area contributed by atoms with Gasteiger partial charge in [-0.15, -0.1) is 0 Å². The molecule has 0 N–H and O–H groups in total. The first-order valence-electron chi connectivity index (χ1n) is 8.08. The summed E-state index contributed by atoms with van der Waals surface area (Å²) < 4.78 is 0. The minimum absolute atomic E-state index is 0.113. The summed E-state index contributed by atoms with van der Waals surface area (Å²) >= 11 is 0. The normalized spacial score (nSPS) is 16.1. The first-order chi connectivity index (χ1) is 10.5. The van der Waals surface area contributed by atoms with Crippen molar-refractivity contribution < 1.29 is 4.79 Å². The van der Waals surface area contributed by atoms with Crippen molar-refractivity contribution in [3.63, 3.8) is 0 Å². The van der Waals surface area contributed by atoms with E-state index in [4.69, 9.17) is 0 Å². The maximum absolute atomic E-state index is 12.5. The van der Waals surface area contributed by atoms with E-state index in [2.05, 4.69) is 35.8 Å². The van der Waals surface area contributed by atoms with Crippen molar-refractivity contribution in [3.05, 3.63) is 23.9 Å². The van der Waals surface area contributed by atoms with E-state index in [0.29, 0.717) is 5.56 Å². The number of likely N-dealkylation sites (N-methyl/N-ethyl adjacent to an activating group) is 2. The van der Waals surface area contributed by atoms with Crippen LogP contribution >= 0.6 is 0 Å². The highest BCUT2D eigenvalue weighted by molar-refractivity contribution is 5.94. The lowest BCUT2D eigenvalue weighted by Gasteiger charge is -2.30. The molecule has 22 heavy (non-hydrogen) atoms. The highest BCUT2D eigenvalue weighted by Gasteiger charge is 2.21. The quantitative estimate of drug-likeness (QED) is 0.833. The molecule has 5 heteroatoms. The third-order valence-corrected chi connectivity index (χ3v) is 4.34. The Balaban J connectivity index is 1.94. The highest BCUT2D eigenvalue weighted by atomic mass is 16.2. The third-order valence-electron chi connectivity index (χ3n) is 4.34. The van der Waals surface area contributed by atoms with Crippen LogP contribution in [0, 0.1) is 5.92 Å². The Kier molecular flexibility index (Phi) is 5.77. The van der Waals surface area contributed by atoms with Crippen LogP contribution in [0.2, 0.25) is 0 Å². The lowest BCUT2D eigenvalue weighted by molar-refractivity contribution is 0.0697. The summed E-state index contributed by atoms with van der Waals surface area (Å²) in [5.74, 6) is 1.75. The molecule has 0 aromatic carbocycles. The topological polar surface area (TPSA) is 39.7 Å². The average molecular weight is 304 g/mol. The number of hydrogen-bond donors (Lipinski definition) is 0. The van der Waals surface area contributed by atoms with E-state index in [0.717, 1.165) is 50.8 Å². The first kappa shape index (κ1) is 16.7. The molecule has 0 bridgehead atoms. The number of pyridine rings is 1. The minimum atomic E-state index is 0.113. The number of amides is 1. The molecule has 5 nitrogen and oxygen atoms in total. The molecule has 2 rings (SSSR count). The van der Waals surface area contributed by atoms with Crippen molar-refractivity contribution in [3.8, 4) is 0 Å². The van der Waals surface area contributed by atoms with Gasteiger partial charge in [-0.3, -0.25) is 4.79 Å². The monoisotopic (exact) mass is 304 g/mol. The predicted molar refractivity (Wildman–Crippen MR) is 90.4 cm³/mol. The smallest absolute Gasteiger partial charge is 0.255 e. The summed E-state index contributed by atoms with van der Waals surface area (Å²) in [6.45, 7) is 5.87. The molecule has 0 saturated carbocycles. The van der Waals surface area contributed by atoms with Gasteiger partial charge in [0, 0.05) is 39.4 Å². The van der Waals surface area contributed by atoms with E-state index in [1.54, 1.807) is 6.20 Å². The molecule has 1 saturated heterocycles. The molecule has 1 aliphatic heterocycles. The molecule has 1 aliphatic rings. The van der Waals surface area contributed by atoms with Crippen molar-refractivity contribution in [2.24, 2.45) is 5.92 Å². The number of rotatable bonds is 5. The predicted octanol–water partition coefficient (Wildman–Crippen LogP) is 1.95. The number of piperidine rings is 1. The van der Waals surface area contributed by atoms with E-state index in [1.807, 2.05) is 24.1 Å². The van der Waals surface area contributed by atoms with Crippen LogP contribution in [0.15, 0.2) is 18.3 Å². The van der Waals surface area contributed by atoms with Gasteiger partial charge in [0.25, 0.3) is 5.91 Å². The van der Waals surface area contributed by atoms with Gasteiger partial charge in [-0.2, -0.15) is 0 Å². The second-order valence-electron chi connectivity index (χ2n) is 6.60. The summed E-state index contributed by atoms with van der Waals surface area (Å²) in [4.78, 5) is 23.1. The average Bonchev–Trinajstić information content (AvgIpc) is 2.53. The van der Waals surface area contributed by atoms with Crippen molar-refractivity contribution in [2.45, 2.75) is 19.8 Å². The fourth-order valence-corrected chi connectivity index (χ4v) is 2.60. The molecule has 0 spiro atoms. The van der Waals surface area contributed by atoms with Crippen molar-refractivity contribution in [1.29, 1.82) is 0 Å². The zero-order valence-electron chi connectivity index (χ0n) is 14.2. The standard InChI is InChI=1S/C17H28N4O/c1-14-7-9-21(10-8-14)17(22)15-5-6-16(18-13-15)20(4)12-11-19(2)3/h5-6,13-14H,7-12H2,1-4H3. The fraction of sp³-hybridized carbons (Fsp3) is 0.647. The molecule has 0 atom stereocenters. The van der Waals surface area contributed by atoms with Crippen LogP contribution in [0.1, 0.15) is 30.1 Å². The van der Waals surface area contributed by atoms with Crippen LogP contribution in [0.25, 0.3) is 0 Å². The van der Waals surface area contributed by atoms with Gasteiger partial charge in [0.1, 0.15) is 5.82 Å². The third kappa shape index (κ3) is 4.44. The van der Waals surface area contributed by atoms with Crippen molar-refractivity contribution in [2.75, 3.05) is 52.2 Å². The number of carbonyl (C=O) groups is 1. The summed E-state index contributed by atoms with van der Waals surface area (Å²) in [5, 5.41) is 0. The highest BCUT2D eigenvalue weighted by Crippen LogP contribution is 2.18. The Labute approximate surface area is 133 Å². The van der Waals surface area contributed by atoms with Crippen molar-refractivity contribution >= 4 is 11.7 Å². The van der Waals surface area contributed by atoms with E-state index < -0.39 is 0 Å². The number of anilines is 1. The number of hydrogen-bond acceptors (Lipinski definition) is 4. The molecule has 0 radical (unpaired) electrons. The van der Waals surface area contributed by atoms with Gasteiger partial charge in [0.05, 0.1) is 5.56 Å².